The molecule has 2 aromatic carbocycles. The van der Waals surface area contributed by atoms with Crippen LogP contribution in [0.15, 0.2) is 59.7 Å². The van der Waals surface area contributed by atoms with E-state index in [0.29, 0.717) is 11.4 Å². The van der Waals surface area contributed by atoms with Crippen molar-refractivity contribution in [1.82, 2.24) is 0 Å². The molecular formula is C17H16ClN3. The summed E-state index contributed by atoms with van der Waals surface area (Å²) in [6, 6.07) is 19.5. The van der Waals surface area contributed by atoms with Gasteiger partial charge in [-0.1, -0.05) is 48.0 Å². The molecule has 106 valence electrons. The highest BCUT2D eigenvalue weighted by Crippen LogP contribution is 2.19. The molecule has 2 aromatic rings. The average Bonchev–Trinajstić information content (AvgIpc) is 2.50. The molecule has 0 heterocycles. The molecular weight excluding hydrogens is 282 g/mol. The van der Waals surface area contributed by atoms with Crippen LogP contribution in [0, 0.1) is 11.3 Å². The van der Waals surface area contributed by atoms with Crippen LogP contribution in [0.3, 0.4) is 0 Å². The summed E-state index contributed by atoms with van der Waals surface area (Å²) < 4.78 is 0. The fraction of sp³-hybridized carbons (Fsp3) is 0.176. The molecule has 0 aromatic heterocycles. The Morgan fingerprint density at radius 2 is 1.86 bits per heavy atom. The Balaban J connectivity index is 2.29. The third-order valence-corrected chi connectivity index (χ3v) is 3.40. The Morgan fingerprint density at radius 3 is 2.52 bits per heavy atom. The zero-order valence-electron chi connectivity index (χ0n) is 11.8. The van der Waals surface area contributed by atoms with Crippen LogP contribution in [-0.4, -0.2) is 12.3 Å². The maximum Gasteiger partial charge on any atom is 0.0644 e. The first-order chi connectivity index (χ1) is 10.2. The summed E-state index contributed by atoms with van der Waals surface area (Å²) in [4.78, 5) is 0. The zero-order chi connectivity index (χ0) is 15.1. The fourth-order valence-electron chi connectivity index (χ4n) is 1.94. The van der Waals surface area contributed by atoms with Gasteiger partial charge in [-0.2, -0.15) is 10.4 Å². The third-order valence-electron chi connectivity index (χ3n) is 3.05. The lowest BCUT2D eigenvalue weighted by Crippen LogP contribution is -2.27. The van der Waals surface area contributed by atoms with Gasteiger partial charge in [-0.15, -0.1) is 0 Å². The second-order valence-electron chi connectivity index (χ2n) is 4.66. The quantitative estimate of drug-likeness (QED) is 0.603. The van der Waals surface area contributed by atoms with Gasteiger partial charge in [0.2, 0.25) is 0 Å². The van der Waals surface area contributed by atoms with E-state index >= 15 is 0 Å². The van der Waals surface area contributed by atoms with Crippen LogP contribution in [0.25, 0.3) is 0 Å². The molecule has 0 spiro atoms. The lowest BCUT2D eigenvalue weighted by Gasteiger charge is -2.24. The SMILES string of the molecule is C[C@@H](CC#N)N(/N=C\c1ccccc1Cl)c1ccccc1. The Labute approximate surface area is 130 Å². The molecule has 4 heteroatoms. The van der Waals surface area contributed by atoms with Crippen molar-refractivity contribution in [2.45, 2.75) is 19.4 Å². The van der Waals surface area contributed by atoms with Crippen molar-refractivity contribution in [3.63, 3.8) is 0 Å². The van der Waals surface area contributed by atoms with Gasteiger partial charge in [-0.25, -0.2) is 0 Å². The molecule has 3 nitrogen and oxygen atoms in total. The molecule has 0 aliphatic rings. The molecule has 0 saturated carbocycles. The Bertz CT molecular complexity index is 647. The van der Waals surface area contributed by atoms with Crippen molar-refractivity contribution in [2.75, 3.05) is 5.01 Å². The van der Waals surface area contributed by atoms with Gasteiger partial charge in [0.1, 0.15) is 0 Å². The summed E-state index contributed by atoms with van der Waals surface area (Å²) in [5.41, 5.74) is 1.80. The fourth-order valence-corrected chi connectivity index (χ4v) is 2.12. The molecule has 0 unspecified atom stereocenters. The second kappa shape index (κ2) is 7.47. The molecule has 2 rings (SSSR count). The van der Waals surface area contributed by atoms with E-state index in [1.165, 1.54) is 0 Å². The zero-order valence-corrected chi connectivity index (χ0v) is 12.5. The van der Waals surface area contributed by atoms with E-state index in [2.05, 4.69) is 11.2 Å². The van der Waals surface area contributed by atoms with Gasteiger partial charge >= 0.3 is 0 Å². The largest absolute Gasteiger partial charge is 0.262 e. The number of anilines is 1. The van der Waals surface area contributed by atoms with E-state index in [-0.39, 0.29) is 6.04 Å². The summed E-state index contributed by atoms with van der Waals surface area (Å²) >= 11 is 6.13. The monoisotopic (exact) mass is 297 g/mol. The molecule has 0 N–H and O–H groups in total. The van der Waals surface area contributed by atoms with Crippen LogP contribution in [0.4, 0.5) is 5.69 Å². The Kier molecular flexibility index (Phi) is 5.36. The summed E-state index contributed by atoms with van der Waals surface area (Å²) in [7, 11) is 0. The summed E-state index contributed by atoms with van der Waals surface area (Å²) in [5, 5.41) is 15.9. The minimum atomic E-state index is -0.0175. The number of halogens is 1. The van der Waals surface area contributed by atoms with Crippen molar-refractivity contribution in [3.8, 4) is 6.07 Å². The molecule has 1 atom stereocenters. The number of rotatable bonds is 5. The third kappa shape index (κ3) is 4.08. The van der Waals surface area contributed by atoms with E-state index in [1.807, 2.05) is 66.5 Å². The maximum absolute atomic E-state index is 8.91. The number of hydrogen-bond donors (Lipinski definition) is 0. The smallest absolute Gasteiger partial charge is 0.0644 e. The molecule has 0 amide bonds. The molecule has 0 fully saturated rings. The van der Waals surface area contributed by atoms with Crippen LogP contribution >= 0.6 is 11.6 Å². The van der Waals surface area contributed by atoms with Crippen molar-refractivity contribution in [2.24, 2.45) is 5.10 Å². The van der Waals surface area contributed by atoms with Crippen LogP contribution in [0.1, 0.15) is 18.9 Å². The van der Waals surface area contributed by atoms with E-state index < -0.39 is 0 Å². The Hall–Kier alpha value is -2.31. The molecule has 0 saturated heterocycles. The number of hydrazone groups is 1. The minimum absolute atomic E-state index is 0.0175. The van der Waals surface area contributed by atoms with Gasteiger partial charge in [-0.05, 0) is 25.1 Å². The first kappa shape index (κ1) is 15.1. The van der Waals surface area contributed by atoms with Crippen molar-refractivity contribution >= 4 is 23.5 Å². The normalized spacial score (nSPS) is 12.0. The van der Waals surface area contributed by atoms with Crippen molar-refractivity contribution in [3.05, 3.63) is 65.2 Å². The predicted octanol–water partition coefficient (Wildman–Crippen LogP) is 4.48. The molecule has 0 aliphatic heterocycles. The second-order valence-corrected chi connectivity index (χ2v) is 5.06. The molecule has 0 radical (unpaired) electrons. The van der Waals surface area contributed by atoms with Gasteiger partial charge < -0.3 is 0 Å². The lowest BCUT2D eigenvalue weighted by atomic mass is 10.2. The summed E-state index contributed by atoms with van der Waals surface area (Å²) in [6.07, 6.45) is 2.12. The van der Waals surface area contributed by atoms with E-state index in [4.69, 9.17) is 16.9 Å². The summed E-state index contributed by atoms with van der Waals surface area (Å²) in [6.45, 7) is 1.97. The molecule has 0 aliphatic carbocycles. The highest BCUT2D eigenvalue weighted by molar-refractivity contribution is 6.33. The number of nitrogens with zero attached hydrogens (tertiary/aromatic N) is 3. The average molecular weight is 298 g/mol. The van der Waals surface area contributed by atoms with Crippen LogP contribution in [-0.2, 0) is 0 Å². The van der Waals surface area contributed by atoms with Crippen molar-refractivity contribution in [1.29, 1.82) is 5.26 Å². The van der Waals surface area contributed by atoms with Gasteiger partial charge in [0, 0.05) is 10.6 Å². The lowest BCUT2D eigenvalue weighted by molar-refractivity contribution is 0.670. The van der Waals surface area contributed by atoms with Crippen LogP contribution < -0.4 is 5.01 Å². The molecule has 21 heavy (non-hydrogen) atoms. The number of benzene rings is 2. The van der Waals surface area contributed by atoms with Crippen LogP contribution in [0.5, 0.6) is 0 Å². The van der Waals surface area contributed by atoms with E-state index in [9.17, 15) is 0 Å². The number of para-hydroxylation sites is 1. The van der Waals surface area contributed by atoms with Crippen molar-refractivity contribution < 1.29 is 0 Å². The van der Waals surface area contributed by atoms with E-state index in [0.717, 1.165) is 11.3 Å². The first-order valence-electron chi connectivity index (χ1n) is 6.72. The minimum Gasteiger partial charge on any atom is -0.262 e. The predicted molar refractivity (Wildman–Crippen MR) is 87.7 cm³/mol. The van der Waals surface area contributed by atoms with Gasteiger partial charge in [0.25, 0.3) is 0 Å². The summed E-state index contributed by atoms with van der Waals surface area (Å²) in [5.74, 6) is 0. The topological polar surface area (TPSA) is 39.4 Å². The number of nitriles is 1. The van der Waals surface area contributed by atoms with E-state index in [1.54, 1.807) is 6.21 Å². The maximum atomic E-state index is 8.91. The van der Waals surface area contributed by atoms with Crippen LogP contribution in [0.2, 0.25) is 5.02 Å². The highest BCUT2D eigenvalue weighted by Gasteiger charge is 2.13. The Morgan fingerprint density at radius 1 is 1.19 bits per heavy atom. The van der Waals surface area contributed by atoms with Gasteiger partial charge in [-0.3, -0.25) is 5.01 Å². The first-order valence-corrected chi connectivity index (χ1v) is 7.10. The standard InChI is InChI=1S/C17H16ClN3/c1-14(11-12-19)21(16-8-3-2-4-9-16)20-13-15-7-5-6-10-17(15)18/h2-10,13-14H,11H2,1H3/b20-13-/t14-/m0/s1. The molecule has 0 bridgehead atoms. The highest BCUT2D eigenvalue weighted by atomic mass is 35.5. The van der Waals surface area contributed by atoms with Gasteiger partial charge in [0.05, 0.1) is 30.4 Å². The van der Waals surface area contributed by atoms with Gasteiger partial charge in [0.15, 0.2) is 0 Å². The number of hydrogen-bond acceptors (Lipinski definition) is 3.